The smallest absolute Gasteiger partial charge is 0.327 e. The molecule has 0 amide bonds. The van der Waals surface area contributed by atoms with Gasteiger partial charge < -0.3 is 5.73 Å². The van der Waals surface area contributed by atoms with E-state index in [1.807, 2.05) is 0 Å². The van der Waals surface area contributed by atoms with E-state index >= 15 is 0 Å². The predicted molar refractivity (Wildman–Crippen MR) is 33.9 cm³/mol. The lowest BCUT2D eigenvalue weighted by Crippen LogP contribution is -2.47. The van der Waals surface area contributed by atoms with Gasteiger partial charge in [0.1, 0.15) is 0 Å². The van der Waals surface area contributed by atoms with E-state index in [2.05, 4.69) is 5.73 Å². The SMILES string of the molecule is CCCC(F)(CN)C(F)(F)F. The van der Waals surface area contributed by atoms with Crippen LogP contribution in [0.2, 0.25) is 0 Å². The maximum Gasteiger partial charge on any atom is 0.423 e. The molecule has 0 aromatic rings. The summed E-state index contributed by atoms with van der Waals surface area (Å²) in [5.74, 6) is 0. The summed E-state index contributed by atoms with van der Waals surface area (Å²) in [4.78, 5) is 0. The van der Waals surface area contributed by atoms with Crippen molar-refractivity contribution in [1.82, 2.24) is 0 Å². The molecule has 0 saturated heterocycles. The van der Waals surface area contributed by atoms with Crippen molar-refractivity contribution in [3.63, 3.8) is 0 Å². The van der Waals surface area contributed by atoms with Gasteiger partial charge in [-0.25, -0.2) is 4.39 Å². The molecule has 0 spiro atoms. The topological polar surface area (TPSA) is 26.0 Å². The summed E-state index contributed by atoms with van der Waals surface area (Å²) in [5.41, 5.74) is 1.49. The molecule has 11 heavy (non-hydrogen) atoms. The Balaban J connectivity index is 4.33. The van der Waals surface area contributed by atoms with Gasteiger partial charge in [0.2, 0.25) is 5.67 Å². The van der Waals surface area contributed by atoms with Crippen LogP contribution in [-0.4, -0.2) is 18.4 Å². The Morgan fingerprint density at radius 2 is 1.64 bits per heavy atom. The Morgan fingerprint density at radius 1 is 1.18 bits per heavy atom. The van der Waals surface area contributed by atoms with Crippen LogP contribution in [0, 0.1) is 0 Å². The fourth-order valence-electron chi connectivity index (χ4n) is 0.756. The number of nitrogens with two attached hydrogens (primary N) is 1. The molecule has 5 heteroatoms. The van der Waals surface area contributed by atoms with E-state index in [0.717, 1.165) is 0 Å². The molecule has 0 aliphatic rings. The second kappa shape index (κ2) is 3.38. The first-order valence-electron chi connectivity index (χ1n) is 3.33. The lowest BCUT2D eigenvalue weighted by atomic mass is 10.00. The second-order valence-electron chi connectivity index (χ2n) is 2.42. The van der Waals surface area contributed by atoms with E-state index in [1.165, 1.54) is 6.92 Å². The van der Waals surface area contributed by atoms with E-state index in [-0.39, 0.29) is 6.42 Å². The van der Waals surface area contributed by atoms with E-state index in [9.17, 15) is 17.6 Å². The second-order valence-corrected chi connectivity index (χ2v) is 2.42. The first kappa shape index (κ1) is 10.7. The monoisotopic (exact) mass is 173 g/mol. The third-order valence-corrected chi connectivity index (χ3v) is 1.48. The number of rotatable bonds is 3. The van der Waals surface area contributed by atoms with Crippen molar-refractivity contribution in [1.29, 1.82) is 0 Å². The quantitative estimate of drug-likeness (QED) is 0.649. The molecule has 0 rings (SSSR count). The van der Waals surface area contributed by atoms with Gasteiger partial charge in [0.05, 0.1) is 0 Å². The summed E-state index contributed by atoms with van der Waals surface area (Å²) in [7, 11) is 0. The van der Waals surface area contributed by atoms with Crippen molar-refractivity contribution < 1.29 is 17.6 Å². The van der Waals surface area contributed by atoms with Crippen molar-refractivity contribution in [2.75, 3.05) is 6.54 Å². The zero-order valence-corrected chi connectivity index (χ0v) is 6.21. The fourth-order valence-corrected chi connectivity index (χ4v) is 0.756. The molecular weight excluding hydrogens is 162 g/mol. The molecule has 1 nitrogen and oxygen atoms in total. The fraction of sp³-hybridized carbons (Fsp3) is 1.00. The average molecular weight is 173 g/mol. The highest BCUT2D eigenvalue weighted by Crippen LogP contribution is 2.36. The minimum Gasteiger partial charge on any atom is -0.327 e. The summed E-state index contributed by atoms with van der Waals surface area (Å²) < 4.78 is 48.3. The Bertz CT molecular complexity index is 122. The molecule has 0 aliphatic heterocycles. The molecule has 0 heterocycles. The van der Waals surface area contributed by atoms with E-state index in [4.69, 9.17) is 0 Å². The Hall–Kier alpha value is -0.320. The van der Waals surface area contributed by atoms with Gasteiger partial charge >= 0.3 is 6.18 Å². The summed E-state index contributed by atoms with van der Waals surface area (Å²) in [6.45, 7) is 0.486. The lowest BCUT2D eigenvalue weighted by Gasteiger charge is -2.25. The lowest BCUT2D eigenvalue weighted by molar-refractivity contribution is -0.228. The van der Waals surface area contributed by atoms with Crippen LogP contribution in [0.4, 0.5) is 17.6 Å². The highest BCUT2D eigenvalue weighted by atomic mass is 19.4. The standard InChI is InChI=1S/C6H11F4N/c1-2-3-5(7,4-11)6(8,9)10/h2-4,11H2,1H3. The highest BCUT2D eigenvalue weighted by Gasteiger charge is 2.53. The third kappa shape index (κ3) is 2.32. The van der Waals surface area contributed by atoms with Crippen molar-refractivity contribution in [3.8, 4) is 0 Å². The molecule has 0 radical (unpaired) electrons. The van der Waals surface area contributed by atoms with Crippen LogP contribution in [0.25, 0.3) is 0 Å². The molecule has 1 atom stereocenters. The van der Waals surface area contributed by atoms with Crippen molar-refractivity contribution >= 4 is 0 Å². The van der Waals surface area contributed by atoms with Crippen molar-refractivity contribution in [3.05, 3.63) is 0 Å². The Kier molecular flexibility index (Phi) is 3.29. The summed E-state index contributed by atoms with van der Waals surface area (Å²) in [6, 6.07) is 0. The first-order chi connectivity index (χ1) is 4.87. The predicted octanol–water partition coefficient (Wildman–Crippen LogP) is 2.02. The molecule has 0 aliphatic carbocycles. The van der Waals surface area contributed by atoms with Gasteiger partial charge in [-0.1, -0.05) is 13.3 Å². The van der Waals surface area contributed by atoms with Crippen LogP contribution in [-0.2, 0) is 0 Å². The molecule has 2 N–H and O–H groups in total. The zero-order valence-electron chi connectivity index (χ0n) is 6.21. The minimum atomic E-state index is -4.84. The maximum absolute atomic E-state index is 12.8. The summed E-state index contributed by atoms with van der Waals surface area (Å²) in [5, 5.41) is 0. The van der Waals surface area contributed by atoms with Crippen molar-refractivity contribution in [2.45, 2.75) is 31.6 Å². The minimum absolute atomic E-state index is 0.132. The van der Waals surface area contributed by atoms with E-state index in [1.54, 1.807) is 0 Å². The molecule has 1 unspecified atom stereocenters. The van der Waals surface area contributed by atoms with Gasteiger partial charge in [-0.05, 0) is 6.42 Å². The highest BCUT2D eigenvalue weighted by molar-refractivity contribution is 4.87. The molecule has 0 aromatic heterocycles. The third-order valence-electron chi connectivity index (χ3n) is 1.48. The maximum atomic E-state index is 12.8. The van der Waals surface area contributed by atoms with Crippen LogP contribution in [0.5, 0.6) is 0 Å². The first-order valence-corrected chi connectivity index (χ1v) is 3.33. The van der Waals surface area contributed by atoms with Gasteiger partial charge in [0.15, 0.2) is 0 Å². The van der Waals surface area contributed by atoms with Gasteiger partial charge in [0.25, 0.3) is 0 Å². The van der Waals surface area contributed by atoms with Crippen LogP contribution in [0.3, 0.4) is 0 Å². The Labute approximate surface area is 62.6 Å². The summed E-state index contributed by atoms with van der Waals surface area (Å²) >= 11 is 0. The van der Waals surface area contributed by atoms with Gasteiger partial charge in [-0.3, -0.25) is 0 Å². The molecule has 0 aromatic carbocycles. The van der Waals surface area contributed by atoms with Gasteiger partial charge in [0, 0.05) is 6.54 Å². The van der Waals surface area contributed by atoms with Crippen molar-refractivity contribution in [2.24, 2.45) is 5.73 Å². The number of halogens is 4. The summed E-state index contributed by atoms with van der Waals surface area (Å²) in [6.07, 6.45) is -5.27. The molecule has 68 valence electrons. The molecule has 0 saturated carbocycles. The van der Waals surface area contributed by atoms with Crippen LogP contribution < -0.4 is 5.73 Å². The molecule has 0 bridgehead atoms. The van der Waals surface area contributed by atoms with E-state index in [0.29, 0.717) is 0 Å². The van der Waals surface area contributed by atoms with Crippen LogP contribution in [0.15, 0.2) is 0 Å². The number of hydrogen-bond acceptors (Lipinski definition) is 1. The number of hydrogen-bond donors (Lipinski definition) is 1. The largest absolute Gasteiger partial charge is 0.423 e. The molecule has 0 fully saturated rings. The number of alkyl halides is 4. The normalized spacial score (nSPS) is 18.0. The van der Waals surface area contributed by atoms with Gasteiger partial charge in [-0.15, -0.1) is 0 Å². The molecular formula is C6H11F4N. The van der Waals surface area contributed by atoms with Gasteiger partial charge in [-0.2, -0.15) is 13.2 Å². The van der Waals surface area contributed by atoms with Crippen LogP contribution in [0.1, 0.15) is 19.8 Å². The average Bonchev–Trinajstić information content (AvgIpc) is 1.86. The van der Waals surface area contributed by atoms with E-state index < -0.39 is 24.8 Å². The zero-order chi connectivity index (χ0) is 9.12. The van der Waals surface area contributed by atoms with Crippen LogP contribution >= 0.6 is 0 Å². The Morgan fingerprint density at radius 3 is 1.73 bits per heavy atom.